The summed E-state index contributed by atoms with van der Waals surface area (Å²) in [7, 11) is -3.13. The highest BCUT2D eigenvalue weighted by molar-refractivity contribution is 7.92. The Balaban J connectivity index is 2.69. The van der Waals surface area contributed by atoms with Gasteiger partial charge in [-0.2, -0.15) is 5.26 Å². The van der Waals surface area contributed by atoms with Crippen molar-refractivity contribution in [2.45, 2.75) is 71.5 Å². The SMILES string of the molecule is CC(C)C1CCC(C#N)(CCS(=O)(=O)C(C)(C)C)CC1. The molecule has 0 aliphatic heterocycles. The van der Waals surface area contributed by atoms with E-state index in [0.717, 1.165) is 25.7 Å². The summed E-state index contributed by atoms with van der Waals surface area (Å²) in [6, 6.07) is 2.44. The lowest BCUT2D eigenvalue weighted by molar-refractivity contribution is 0.171. The van der Waals surface area contributed by atoms with Gasteiger partial charge in [0.15, 0.2) is 9.84 Å². The first-order chi connectivity index (χ1) is 9.03. The van der Waals surface area contributed by atoms with Gasteiger partial charge in [0.2, 0.25) is 0 Å². The number of nitriles is 1. The molecule has 0 unspecified atom stereocenters. The zero-order chi connectivity index (χ0) is 15.6. The summed E-state index contributed by atoms with van der Waals surface area (Å²) in [4.78, 5) is 0. The first kappa shape index (κ1) is 17.5. The molecule has 0 saturated heterocycles. The maximum absolute atomic E-state index is 12.2. The van der Waals surface area contributed by atoms with Crippen LogP contribution in [0.2, 0.25) is 0 Å². The van der Waals surface area contributed by atoms with Gasteiger partial charge in [-0.1, -0.05) is 13.8 Å². The molecule has 0 atom stereocenters. The van der Waals surface area contributed by atoms with Crippen molar-refractivity contribution in [3.8, 4) is 6.07 Å². The van der Waals surface area contributed by atoms with E-state index in [2.05, 4.69) is 19.9 Å². The molecule has 1 aliphatic rings. The highest BCUT2D eigenvalue weighted by atomic mass is 32.2. The largest absolute Gasteiger partial charge is 0.228 e. The fourth-order valence-corrected chi connectivity index (χ4v) is 4.18. The summed E-state index contributed by atoms with van der Waals surface area (Å²) in [5.41, 5.74) is -0.413. The van der Waals surface area contributed by atoms with Crippen LogP contribution < -0.4 is 0 Å². The number of rotatable bonds is 4. The highest BCUT2D eigenvalue weighted by Gasteiger charge is 2.39. The second-order valence-corrected chi connectivity index (χ2v) is 10.5. The normalized spacial score (nSPS) is 28.4. The minimum absolute atomic E-state index is 0.135. The second kappa shape index (κ2) is 6.05. The van der Waals surface area contributed by atoms with Crippen LogP contribution in [0.25, 0.3) is 0 Å². The molecule has 20 heavy (non-hydrogen) atoms. The third-order valence-electron chi connectivity index (χ3n) is 4.95. The predicted molar refractivity (Wildman–Crippen MR) is 83.0 cm³/mol. The standard InChI is InChI=1S/C16H29NO2S/c1-13(2)14-6-8-16(12-17,9-7-14)10-11-20(18,19)15(3,4)5/h13-14H,6-11H2,1-5H3. The zero-order valence-corrected chi connectivity index (χ0v) is 14.4. The van der Waals surface area contributed by atoms with E-state index in [0.29, 0.717) is 18.3 Å². The van der Waals surface area contributed by atoms with Crippen molar-refractivity contribution < 1.29 is 8.42 Å². The molecule has 0 bridgehead atoms. The fraction of sp³-hybridized carbons (Fsp3) is 0.938. The summed E-state index contributed by atoms with van der Waals surface area (Å²) < 4.78 is 23.7. The van der Waals surface area contributed by atoms with Crippen LogP contribution in [0.3, 0.4) is 0 Å². The van der Waals surface area contributed by atoms with Gasteiger partial charge >= 0.3 is 0 Å². The van der Waals surface area contributed by atoms with Crippen molar-refractivity contribution in [3.05, 3.63) is 0 Å². The molecular weight excluding hydrogens is 270 g/mol. The minimum Gasteiger partial charge on any atom is -0.228 e. The van der Waals surface area contributed by atoms with Gasteiger partial charge < -0.3 is 0 Å². The van der Waals surface area contributed by atoms with E-state index in [1.807, 2.05) is 0 Å². The second-order valence-electron chi connectivity index (χ2n) is 7.65. The molecule has 1 saturated carbocycles. The minimum atomic E-state index is -3.13. The average molecular weight is 299 g/mol. The summed E-state index contributed by atoms with van der Waals surface area (Å²) >= 11 is 0. The van der Waals surface area contributed by atoms with E-state index in [1.165, 1.54) is 0 Å². The molecular formula is C16H29NO2S. The molecule has 0 N–H and O–H groups in total. The maximum Gasteiger partial charge on any atom is 0.155 e. The topological polar surface area (TPSA) is 57.9 Å². The molecule has 0 heterocycles. The van der Waals surface area contributed by atoms with E-state index >= 15 is 0 Å². The molecule has 0 aromatic heterocycles. The van der Waals surface area contributed by atoms with Crippen LogP contribution in [0.5, 0.6) is 0 Å². The van der Waals surface area contributed by atoms with Crippen molar-refractivity contribution >= 4 is 9.84 Å². The Hall–Kier alpha value is -0.560. The Labute approximate surface area is 124 Å². The summed E-state index contributed by atoms with van der Waals surface area (Å²) in [5.74, 6) is 1.48. The number of nitrogens with zero attached hydrogens (tertiary/aromatic N) is 1. The van der Waals surface area contributed by atoms with Gasteiger partial charge in [-0.15, -0.1) is 0 Å². The Bertz CT molecular complexity index is 458. The van der Waals surface area contributed by atoms with Crippen molar-refractivity contribution in [3.63, 3.8) is 0 Å². The molecule has 1 rings (SSSR count). The summed E-state index contributed by atoms with van der Waals surface area (Å²) in [6.45, 7) is 9.66. The molecule has 0 amide bonds. The molecule has 0 aromatic rings. The summed E-state index contributed by atoms with van der Waals surface area (Å²) in [5, 5.41) is 9.52. The molecule has 3 nitrogen and oxygen atoms in total. The first-order valence-electron chi connectivity index (χ1n) is 7.66. The first-order valence-corrected chi connectivity index (χ1v) is 9.32. The summed E-state index contributed by atoms with van der Waals surface area (Å²) in [6.07, 6.45) is 4.31. The van der Waals surface area contributed by atoms with E-state index in [9.17, 15) is 13.7 Å². The Morgan fingerprint density at radius 2 is 1.75 bits per heavy atom. The van der Waals surface area contributed by atoms with Crippen LogP contribution in [-0.2, 0) is 9.84 Å². The Kier molecular flexibility index (Phi) is 5.29. The van der Waals surface area contributed by atoms with E-state index in [-0.39, 0.29) is 5.75 Å². The van der Waals surface area contributed by atoms with Crippen molar-refractivity contribution in [1.29, 1.82) is 5.26 Å². The van der Waals surface area contributed by atoms with Crippen LogP contribution in [-0.4, -0.2) is 18.9 Å². The number of sulfone groups is 1. The predicted octanol–water partition coefficient (Wildman–Crippen LogP) is 3.95. The Morgan fingerprint density at radius 1 is 1.25 bits per heavy atom. The molecule has 0 radical (unpaired) electrons. The van der Waals surface area contributed by atoms with Gasteiger partial charge in [-0.25, -0.2) is 8.42 Å². The van der Waals surface area contributed by atoms with Crippen LogP contribution in [0.1, 0.15) is 66.7 Å². The lowest BCUT2D eigenvalue weighted by Gasteiger charge is -2.37. The monoisotopic (exact) mass is 299 g/mol. The molecule has 0 spiro atoms. The quantitative estimate of drug-likeness (QED) is 0.790. The number of hydrogen-bond donors (Lipinski definition) is 0. The third-order valence-corrected chi connectivity index (χ3v) is 7.56. The highest BCUT2D eigenvalue weighted by Crippen LogP contribution is 2.43. The van der Waals surface area contributed by atoms with Gasteiger partial charge in [0, 0.05) is 0 Å². The van der Waals surface area contributed by atoms with Gasteiger partial charge in [0.25, 0.3) is 0 Å². The Morgan fingerprint density at radius 3 is 2.10 bits per heavy atom. The molecule has 1 fully saturated rings. The molecule has 0 aromatic carbocycles. The molecule has 1 aliphatic carbocycles. The van der Waals surface area contributed by atoms with E-state index < -0.39 is 20.0 Å². The maximum atomic E-state index is 12.2. The lowest BCUT2D eigenvalue weighted by Crippen LogP contribution is -2.35. The van der Waals surface area contributed by atoms with Crippen molar-refractivity contribution in [2.75, 3.05) is 5.75 Å². The smallest absolute Gasteiger partial charge is 0.155 e. The van der Waals surface area contributed by atoms with Crippen molar-refractivity contribution in [2.24, 2.45) is 17.3 Å². The van der Waals surface area contributed by atoms with Crippen LogP contribution in [0.15, 0.2) is 0 Å². The van der Waals surface area contributed by atoms with Crippen molar-refractivity contribution in [1.82, 2.24) is 0 Å². The van der Waals surface area contributed by atoms with Crippen LogP contribution >= 0.6 is 0 Å². The average Bonchev–Trinajstić information content (AvgIpc) is 2.35. The molecule has 4 heteroatoms. The van der Waals surface area contributed by atoms with Gasteiger partial charge in [0.05, 0.1) is 22.0 Å². The van der Waals surface area contributed by atoms with Crippen LogP contribution in [0, 0.1) is 28.6 Å². The van der Waals surface area contributed by atoms with Gasteiger partial charge in [0.1, 0.15) is 0 Å². The van der Waals surface area contributed by atoms with E-state index in [1.54, 1.807) is 20.8 Å². The van der Waals surface area contributed by atoms with E-state index in [4.69, 9.17) is 0 Å². The van der Waals surface area contributed by atoms with Crippen LogP contribution in [0.4, 0.5) is 0 Å². The lowest BCUT2D eigenvalue weighted by atomic mass is 9.67. The zero-order valence-electron chi connectivity index (χ0n) is 13.6. The van der Waals surface area contributed by atoms with Gasteiger partial charge in [-0.05, 0) is 64.7 Å². The van der Waals surface area contributed by atoms with Gasteiger partial charge in [-0.3, -0.25) is 0 Å². The number of hydrogen-bond acceptors (Lipinski definition) is 3. The fourth-order valence-electron chi connectivity index (χ4n) is 2.91. The molecule has 116 valence electrons. The third kappa shape index (κ3) is 3.97.